The van der Waals surface area contributed by atoms with Crippen LogP contribution in [0.25, 0.3) is 0 Å². The maximum atomic E-state index is 12.3. The van der Waals surface area contributed by atoms with Crippen molar-refractivity contribution in [2.45, 2.75) is 32.9 Å². The Morgan fingerprint density at radius 1 is 1.50 bits per heavy atom. The van der Waals surface area contributed by atoms with E-state index >= 15 is 0 Å². The predicted molar refractivity (Wildman–Crippen MR) is 78.9 cm³/mol. The molecule has 1 amide bonds. The lowest BCUT2D eigenvalue weighted by Gasteiger charge is -2.29. The fourth-order valence-electron chi connectivity index (χ4n) is 2.34. The van der Waals surface area contributed by atoms with Crippen LogP contribution >= 0.6 is 15.9 Å². The van der Waals surface area contributed by atoms with Crippen molar-refractivity contribution in [1.82, 2.24) is 4.90 Å². The molecule has 1 aliphatic rings. The van der Waals surface area contributed by atoms with Crippen LogP contribution in [0.3, 0.4) is 0 Å². The molecule has 0 N–H and O–H groups in total. The number of sulfone groups is 1. The molecule has 0 radical (unpaired) electrons. The van der Waals surface area contributed by atoms with Crippen molar-refractivity contribution in [3.8, 4) is 0 Å². The van der Waals surface area contributed by atoms with Crippen molar-refractivity contribution in [3.05, 3.63) is 22.6 Å². The van der Waals surface area contributed by atoms with Gasteiger partial charge in [-0.1, -0.05) is 13.8 Å². The van der Waals surface area contributed by atoms with Gasteiger partial charge in [-0.15, -0.1) is 0 Å². The number of amides is 1. The Labute approximate surface area is 127 Å². The average Bonchev–Trinajstić information content (AvgIpc) is 2.91. The summed E-state index contributed by atoms with van der Waals surface area (Å²) in [5.41, 5.74) is 0. The van der Waals surface area contributed by atoms with E-state index in [9.17, 15) is 13.2 Å². The van der Waals surface area contributed by atoms with Gasteiger partial charge in [0.05, 0.1) is 18.1 Å². The second-order valence-corrected chi connectivity index (χ2v) is 8.39. The van der Waals surface area contributed by atoms with Crippen LogP contribution in [0.4, 0.5) is 0 Å². The van der Waals surface area contributed by atoms with E-state index in [4.69, 9.17) is 4.42 Å². The molecule has 20 heavy (non-hydrogen) atoms. The van der Waals surface area contributed by atoms with Crippen LogP contribution in [-0.4, -0.2) is 36.8 Å². The van der Waals surface area contributed by atoms with Crippen LogP contribution in [0, 0.1) is 5.92 Å². The fourth-order valence-corrected chi connectivity index (χ4v) is 4.42. The Balaban J connectivity index is 2.19. The molecular weight excluding hydrogens is 346 g/mol. The molecule has 0 aromatic carbocycles. The number of halogens is 1. The van der Waals surface area contributed by atoms with Gasteiger partial charge in [-0.05, 0) is 34.5 Å². The number of furan rings is 1. The van der Waals surface area contributed by atoms with E-state index in [1.165, 1.54) is 0 Å². The highest BCUT2D eigenvalue weighted by Gasteiger charge is 2.35. The Morgan fingerprint density at radius 2 is 2.20 bits per heavy atom. The lowest BCUT2D eigenvalue weighted by Crippen LogP contribution is -2.42. The fraction of sp³-hybridized carbons (Fsp3) is 0.615. The standard InChI is InChI=1S/C13H18BrNO4S/c1-9(2)13(16)15(7-11-3-4-12(14)19-11)10-5-6-20(17,18)8-10/h3-4,9-10H,5-8H2,1-2H3/t10-/m1/s1. The minimum absolute atomic E-state index is 0.0420. The molecule has 1 atom stereocenters. The van der Waals surface area contributed by atoms with E-state index in [1.54, 1.807) is 17.0 Å². The number of rotatable bonds is 4. The topological polar surface area (TPSA) is 67.6 Å². The van der Waals surface area contributed by atoms with Crippen molar-refractivity contribution >= 4 is 31.7 Å². The summed E-state index contributed by atoms with van der Waals surface area (Å²) in [6.45, 7) is 3.94. The van der Waals surface area contributed by atoms with Crippen LogP contribution in [-0.2, 0) is 21.2 Å². The van der Waals surface area contributed by atoms with E-state index in [0.29, 0.717) is 23.4 Å². The Hall–Kier alpha value is -0.820. The van der Waals surface area contributed by atoms with E-state index in [1.807, 2.05) is 13.8 Å². The van der Waals surface area contributed by atoms with Gasteiger partial charge in [0.1, 0.15) is 5.76 Å². The minimum Gasteiger partial charge on any atom is -0.452 e. The maximum absolute atomic E-state index is 12.3. The zero-order valence-electron chi connectivity index (χ0n) is 11.5. The van der Waals surface area contributed by atoms with Crippen LogP contribution < -0.4 is 0 Å². The van der Waals surface area contributed by atoms with Gasteiger partial charge in [0.15, 0.2) is 14.5 Å². The van der Waals surface area contributed by atoms with E-state index in [0.717, 1.165) is 0 Å². The summed E-state index contributed by atoms with van der Waals surface area (Å²) in [6.07, 6.45) is 0.503. The quantitative estimate of drug-likeness (QED) is 0.822. The third kappa shape index (κ3) is 3.63. The lowest BCUT2D eigenvalue weighted by molar-refractivity contribution is -0.137. The molecule has 1 aromatic rings. The van der Waals surface area contributed by atoms with Crippen molar-refractivity contribution < 1.29 is 17.6 Å². The Morgan fingerprint density at radius 3 is 2.65 bits per heavy atom. The summed E-state index contributed by atoms with van der Waals surface area (Å²) in [5.74, 6) is 0.640. The predicted octanol–water partition coefficient (Wildman–Crippen LogP) is 2.21. The summed E-state index contributed by atoms with van der Waals surface area (Å²) in [6, 6.07) is 3.30. The van der Waals surface area contributed by atoms with Crippen molar-refractivity contribution in [3.63, 3.8) is 0 Å². The first-order chi connectivity index (χ1) is 9.28. The van der Waals surface area contributed by atoms with Crippen molar-refractivity contribution in [1.29, 1.82) is 0 Å². The maximum Gasteiger partial charge on any atom is 0.225 e. The Bertz CT molecular complexity index is 593. The summed E-state index contributed by atoms with van der Waals surface area (Å²) in [5, 5.41) is 0. The Kier molecular flexibility index (Phi) is 4.59. The van der Waals surface area contributed by atoms with E-state index in [-0.39, 0.29) is 29.4 Å². The first-order valence-corrected chi connectivity index (χ1v) is 9.15. The molecule has 2 heterocycles. The number of hydrogen-bond acceptors (Lipinski definition) is 4. The molecular formula is C13H18BrNO4S. The number of carbonyl (C=O) groups is 1. The molecule has 1 aromatic heterocycles. The van der Waals surface area contributed by atoms with E-state index < -0.39 is 9.84 Å². The summed E-state index contributed by atoms with van der Waals surface area (Å²) in [7, 11) is -3.02. The average molecular weight is 364 g/mol. The van der Waals surface area contributed by atoms with Gasteiger partial charge < -0.3 is 9.32 Å². The van der Waals surface area contributed by atoms with Crippen LogP contribution in [0.15, 0.2) is 21.2 Å². The van der Waals surface area contributed by atoms with Gasteiger partial charge in [0.2, 0.25) is 5.91 Å². The van der Waals surface area contributed by atoms with Crippen molar-refractivity contribution in [2.24, 2.45) is 5.92 Å². The smallest absolute Gasteiger partial charge is 0.225 e. The largest absolute Gasteiger partial charge is 0.452 e. The molecule has 1 fully saturated rings. The molecule has 0 bridgehead atoms. The first-order valence-electron chi connectivity index (χ1n) is 6.53. The molecule has 1 saturated heterocycles. The monoisotopic (exact) mass is 363 g/mol. The highest BCUT2D eigenvalue weighted by Crippen LogP contribution is 2.23. The number of carbonyl (C=O) groups excluding carboxylic acids is 1. The highest BCUT2D eigenvalue weighted by molar-refractivity contribution is 9.10. The van der Waals surface area contributed by atoms with Crippen molar-refractivity contribution in [2.75, 3.05) is 11.5 Å². The molecule has 5 nitrogen and oxygen atoms in total. The second-order valence-electron chi connectivity index (χ2n) is 5.38. The number of nitrogens with zero attached hydrogens (tertiary/aromatic N) is 1. The van der Waals surface area contributed by atoms with Gasteiger partial charge in [0, 0.05) is 12.0 Å². The zero-order chi connectivity index (χ0) is 14.9. The molecule has 0 saturated carbocycles. The van der Waals surface area contributed by atoms with Gasteiger partial charge in [0.25, 0.3) is 0 Å². The van der Waals surface area contributed by atoms with Crippen LogP contribution in [0.5, 0.6) is 0 Å². The second kappa shape index (κ2) is 5.89. The first kappa shape index (κ1) is 15.6. The lowest BCUT2D eigenvalue weighted by atomic mass is 10.1. The zero-order valence-corrected chi connectivity index (χ0v) is 13.9. The molecule has 112 valence electrons. The molecule has 0 unspecified atom stereocenters. The van der Waals surface area contributed by atoms with Gasteiger partial charge in [-0.3, -0.25) is 4.79 Å². The molecule has 0 spiro atoms. The highest BCUT2D eigenvalue weighted by atomic mass is 79.9. The molecule has 0 aliphatic carbocycles. The summed E-state index contributed by atoms with van der Waals surface area (Å²) >= 11 is 3.22. The van der Waals surface area contributed by atoms with Crippen LogP contribution in [0.2, 0.25) is 0 Å². The van der Waals surface area contributed by atoms with Crippen LogP contribution in [0.1, 0.15) is 26.0 Å². The van der Waals surface area contributed by atoms with Gasteiger partial charge >= 0.3 is 0 Å². The third-order valence-electron chi connectivity index (χ3n) is 3.38. The normalized spacial score (nSPS) is 21.3. The molecule has 7 heteroatoms. The van der Waals surface area contributed by atoms with Gasteiger partial charge in [-0.25, -0.2) is 8.42 Å². The summed E-state index contributed by atoms with van der Waals surface area (Å²) < 4.78 is 29.3. The minimum atomic E-state index is -3.02. The third-order valence-corrected chi connectivity index (χ3v) is 5.56. The molecule has 1 aliphatic heterocycles. The SMILES string of the molecule is CC(C)C(=O)N(Cc1ccc(Br)o1)[C@@H]1CCS(=O)(=O)C1. The summed E-state index contributed by atoms with van der Waals surface area (Å²) in [4.78, 5) is 14.0. The molecule has 2 rings (SSSR count). The van der Waals surface area contributed by atoms with Gasteiger partial charge in [-0.2, -0.15) is 0 Å². The number of hydrogen-bond donors (Lipinski definition) is 0. The van der Waals surface area contributed by atoms with E-state index in [2.05, 4.69) is 15.9 Å².